The molecule has 21 heavy (non-hydrogen) atoms. The zero-order chi connectivity index (χ0) is 15.1. The molecule has 0 aromatic heterocycles. The second-order valence-electron chi connectivity index (χ2n) is 3.59. The van der Waals surface area contributed by atoms with Gasteiger partial charge in [0.1, 0.15) is 11.6 Å². The summed E-state index contributed by atoms with van der Waals surface area (Å²) < 4.78 is 24.3. The monoisotopic (exact) mass is 287 g/mol. The molecule has 0 saturated heterocycles. The molecule has 2 aromatic rings. The number of carbonyl (C=O) groups excluding carboxylic acids is 2. The number of carboxylic acids is 2. The van der Waals surface area contributed by atoms with Gasteiger partial charge in [0.25, 0.3) is 0 Å². The summed E-state index contributed by atoms with van der Waals surface area (Å²) in [5, 5.41) is 20.2. The number of hydrogen-bond acceptors (Lipinski definition) is 4. The van der Waals surface area contributed by atoms with Gasteiger partial charge in [-0.3, -0.25) is 0 Å². The Morgan fingerprint density at radius 2 is 0.905 bits per heavy atom. The Hall–Kier alpha value is -2.59. The largest absolute Gasteiger partial charge is 2.00 e. The fourth-order valence-electron chi connectivity index (χ4n) is 1.17. The first-order valence-corrected chi connectivity index (χ1v) is 5.34. The minimum atomic E-state index is -1.29. The van der Waals surface area contributed by atoms with Crippen LogP contribution in [0.3, 0.4) is 0 Å². The first-order chi connectivity index (χ1) is 9.40. The van der Waals surface area contributed by atoms with Crippen LogP contribution in [0.25, 0.3) is 0 Å². The molecule has 0 amide bonds. The number of carboxylic acid groups (broad SMARTS) is 2. The average molecular weight is 287 g/mol. The molecule has 0 N–H and O–H groups in total. The van der Waals surface area contributed by atoms with Crippen LogP contribution in [0, 0.1) is 11.6 Å². The van der Waals surface area contributed by atoms with E-state index in [1.165, 1.54) is 0 Å². The van der Waals surface area contributed by atoms with E-state index in [0.717, 1.165) is 48.5 Å². The van der Waals surface area contributed by atoms with Crippen molar-refractivity contribution in [2.75, 3.05) is 0 Å². The van der Waals surface area contributed by atoms with Crippen LogP contribution >= 0.6 is 0 Å². The normalized spacial score (nSPS) is 8.86. The second-order valence-corrected chi connectivity index (χ2v) is 3.59. The van der Waals surface area contributed by atoms with Crippen molar-refractivity contribution in [3.05, 3.63) is 71.3 Å². The van der Waals surface area contributed by atoms with Crippen LogP contribution in [0.2, 0.25) is 0 Å². The summed E-state index contributed by atoms with van der Waals surface area (Å²) in [6.45, 7) is 0. The van der Waals surface area contributed by atoms with Gasteiger partial charge in [0, 0.05) is 0 Å². The van der Waals surface area contributed by atoms with Gasteiger partial charge in [-0.25, -0.2) is 8.78 Å². The second kappa shape index (κ2) is 8.55. The Bertz CT molecular complexity index is 542. The fraction of sp³-hybridized carbons (Fsp3) is 0. The summed E-state index contributed by atoms with van der Waals surface area (Å²) in [5.41, 5.74) is -0.0252. The van der Waals surface area contributed by atoms with Crippen LogP contribution in [0.5, 0.6) is 0 Å². The summed E-state index contributed by atoms with van der Waals surface area (Å²) in [7, 11) is 0. The Balaban J connectivity index is 0.000000364. The molecule has 0 aliphatic carbocycles. The van der Waals surface area contributed by atoms with Crippen molar-refractivity contribution < 1.29 is 28.6 Å². The number of benzene rings is 2. The van der Waals surface area contributed by atoms with Crippen LogP contribution in [-0.4, -0.2) is 22.1 Å². The summed E-state index contributed by atoms with van der Waals surface area (Å²) in [6.07, 6.45) is 0. The van der Waals surface area contributed by atoms with Crippen molar-refractivity contribution in [2.45, 2.75) is 0 Å². The Morgan fingerprint density at radius 1 is 0.667 bits per heavy atom. The number of carbonyl (C=O) groups is 2. The van der Waals surface area contributed by atoms with E-state index in [9.17, 15) is 28.6 Å². The molecule has 0 radical (unpaired) electrons. The summed E-state index contributed by atoms with van der Waals surface area (Å²) >= 11 is 0. The van der Waals surface area contributed by atoms with Crippen molar-refractivity contribution in [2.24, 2.45) is 0 Å². The topological polar surface area (TPSA) is 80.3 Å². The van der Waals surface area contributed by atoms with Gasteiger partial charge < -0.3 is 19.8 Å². The summed E-state index contributed by atoms with van der Waals surface area (Å²) in [4.78, 5) is 20.2. The van der Waals surface area contributed by atoms with Crippen molar-refractivity contribution >= 4 is 22.1 Å². The quantitative estimate of drug-likeness (QED) is 0.728. The van der Waals surface area contributed by atoms with E-state index in [0.29, 0.717) is 0 Å². The van der Waals surface area contributed by atoms with Gasteiger partial charge >= 0.3 is 10.1 Å². The van der Waals surface area contributed by atoms with Crippen LogP contribution in [0.15, 0.2) is 48.5 Å². The SMILES string of the molecule is O=C([O-])c1ccc(F)cc1.O=C([O-])c1ccc(F)cc1.[Be+2]. The van der Waals surface area contributed by atoms with Crippen molar-refractivity contribution in [1.29, 1.82) is 0 Å². The Labute approximate surface area is 122 Å². The molecule has 0 fully saturated rings. The number of rotatable bonds is 2. The molecule has 0 unspecified atom stereocenters. The van der Waals surface area contributed by atoms with Gasteiger partial charge in [-0.1, -0.05) is 24.3 Å². The molecule has 0 aliphatic rings. The molecule has 4 nitrogen and oxygen atoms in total. The first kappa shape index (κ1) is 18.4. The predicted octanol–water partition coefficient (Wildman–Crippen LogP) is -0.00240. The molecule has 0 spiro atoms. The van der Waals surface area contributed by atoms with Crippen molar-refractivity contribution in [3.63, 3.8) is 0 Å². The zero-order valence-corrected chi connectivity index (χ0v) is 10.7. The van der Waals surface area contributed by atoms with E-state index < -0.39 is 23.6 Å². The van der Waals surface area contributed by atoms with Crippen LogP contribution in [-0.2, 0) is 0 Å². The predicted molar refractivity (Wildman–Crippen MR) is 67.2 cm³/mol. The molecule has 0 saturated carbocycles. The zero-order valence-electron chi connectivity index (χ0n) is 10.7. The van der Waals surface area contributed by atoms with E-state index in [1.54, 1.807) is 0 Å². The third-order valence-electron chi connectivity index (χ3n) is 2.16. The number of hydrogen-bond donors (Lipinski definition) is 0. The molecular formula is C14H8BeF2O4. The van der Waals surface area contributed by atoms with Crippen molar-refractivity contribution in [3.8, 4) is 0 Å². The molecule has 104 valence electrons. The Morgan fingerprint density at radius 3 is 1.10 bits per heavy atom. The van der Waals surface area contributed by atoms with Gasteiger partial charge in [0.2, 0.25) is 0 Å². The minimum absolute atomic E-state index is 0. The van der Waals surface area contributed by atoms with Crippen LogP contribution in [0.1, 0.15) is 20.7 Å². The van der Waals surface area contributed by atoms with Crippen LogP contribution in [0.4, 0.5) is 8.78 Å². The molecule has 2 rings (SSSR count). The first-order valence-electron chi connectivity index (χ1n) is 5.34. The molecular weight excluding hydrogens is 279 g/mol. The van der Waals surface area contributed by atoms with Crippen molar-refractivity contribution in [1.82, 2.24) is 0 Å². The van der Waals surface area contributed by atoms with Gasteiger partial charge in [-0.15, -0.1) is 0 Å². The minimum Gasteiger partial charge on any atom is -0.545 e. The Kier molecular flexibility index (Phi) is 7.50. The van der Waals surface area contributed by atoms with Gasteiger partial charge in [-0.05, 0) is 35.4 Å². The average Bonchev–Trinajstić information content (AvgIpc) is 2.40. The maximum absolute atomic E-state index is 12.1. The summed E-state index contributed by atoms with van der Waals surface area (Å²) in [5.74, 6) is -3.49. The standard InChI is InChI=1S/2C7H5FO2.Be/c2*8-6-3-1-5(2-4-6)7(9)10;/h2*1-4H,(H,9,10);/q;;+2/p-2. The number of halogens is 2. The maximum Gasteiger partial charge on any atom is 2.00 e. The van der Waals surface area contributed by atoms with Gasteiger partial charge in [0.15, 0.2) is 0 Å². The molecule has 7 heteroatoms. The summed E-state index contributed by atoms with van der Waals surface area (Å²) in [6, 6.07) is 8.93. The maximum atomic E-state index is 12.1. The molecule has 0 heterocycles. The van der Waals surface area contributed by atoms with Gasteiger partial charge in [0.05, 0.1) is 11.9 Å². The molecule has 0 atom stereocenters. The fourth-order valence-corrected chi connectivity index (χ4v) is 1.17. The van der Waals surface area contributed by atoms with Crippen LogP contribution < -0.4 is 10.2 Å². The van der Waals surface area contributed by atoms with E-state index in [-0.39, 0.29) is 21.2 Å². The molecule has 2 aromatic carbocycles. The molecule has 0 bridgehead atoms. The van der Waals surface area contributed by atoms with E-state index in [2.05, 4.69) is 0 Å². The number of aromatic carboxylic acids is 2. The molecule has 0 aliphatic heterocycles. The van der Waals surface area contributed by atoms with E-state index in [4.69, 9.17) is 0 Å². The smallest absolute Gasteiger partial charge is 0.545 e. The third kappa shape index (κ3) is 6.40. The van der Waals surface area contributed by atoms with E-state index >= 15 is 0 Å². The van der Waals surface area contributed by atoms with E-state index in [1.807, 2.05) is 0 Å². The third-order valence-corrected chi connectivity index (χ3v) is 2.16. The van der Waals surface area contributed by atoms with Gasteiger partial charge in [-0.2, -0.15) is 0 Å².